The monoisotopic (exact) mass is 251 g/mol. The molecule has 1 aromatic carbocycles. The molecule has 1 unspecified atom stereocenters. The summed E-state index contributed by atoms with van der Waals surface area (Å²) in [6.07, 6.45) is 0.598. The minimum Gasteiger partial charge on any atom is -0.478 e. The number of rotatable bonds is 6. The van der Waals surface area contributed by atoms with Gasteiger partial charge in [-0.05, 0) is 24.5 Å². The Labute approximate surface area is 105 Å². The summed E-state index contributed by atoms with van der Waals surface area (Å²) in [5.74, 6) is -1.38. The molecule has 0 fully saturated rings. The highest BCUT2D eigenvalue weighted by Crippen LogP contribution is 2.09. The molecule has 1 rings (SSSR count). The lowest BCUT2D eigenvalue weighted by Gasteiger charge is -2.12. The number of carboxylic acids is 1. The van der Waals surface area contributed by atoms with Gasteiger partial charge in [0.05, 0.1) is 11.1 Å². The zero-order valence-electron chi connectivity index (χ0n) is 10.2. The maximum Gasteiger partial charge on any atom is 0.336 e. The zero-order chi connectivity index (χ0) is 13.5. The van der Waals surface area contributed by atoms with Crippen molar-refractivity contribution >= 4 is 11.9 Å². The van der Waals surface area contributed by atoms with Crippen molar-refractivity contribution < 1.29 is 19.8 Å². The van der Waals surface area contributed by atoms with Crippen molar-refractivity contribution in [2.24, 2.45) is 5.92 Å². The van der Waals surface area contributed by atoms with Gasteiger partial charge in [-0.1, -0.05) is 19.1 Å². The van der Waals surface area contributed by atoms with Crippen molar-refractivity contribution in [3.05, 3.63) is 35.4 Å². The van der Waals surface area contributed by atoms with Crippen LogP contribution in [0.4, 0.5) is 0 Å². The van der Waals surface area contributed by atoms with E-state index < -0.39 is 11.9 Å². The number of hydrogen-bond acceptors (Lipinski definition) is 3. The summed E-state index contributed by atoms with van der Waals surface area (Å²) in [6, 6.07) is 6.08. The van der Waals surface area contributed by atoms with Crippen LogP contribution in [-0.4, -0.2) is 35.2 Å². The summed E-state index contributed by atoms with van der Waals surface area (Å²) in [7, 11) is 0. The molecule has 0 aliphatic rings. The molecule has 1 aromatic rings. The number of carbonyl (C=O) groups excluding carboxylic acids is 1. The molecule has 98 valence electrons. The van der Waals surface area contributed by atoms with E-state index >= 15 is 0 Å². The molecular formula is C13H17NO4. The molecule has 1 atom stereocenters. The molecule has 0 saturated carbocycles. The number of amides is 1. The average molecular weight is 251 g/mol. The molecule has 5 nitrogen and oxygen atoms in total. The number of benzene rings is 1. The van der Waals surface area contributed by atoms with E-state index in [1.165, 1.54) is 12.1 Å². The summed E-state index contributed by atoms with van der Waals surface area (Å²) in [5.41, 5.74) is 0.144. The molecule has 5 heteroatoms. The van der Waals surface area contributed by atoms with Crippen molar-refractivity contribution in [1.29, 1.82) is 0 Å². The summed E-state index contributed by atoms with van der Waals surface area (Å²) >= 11 is 0. The van der Waals surface area contributed by atoms with Crippen molar-refractivity contribution in [2.75, 3.05) is 13.2 Å². The van der Waals surface area contributed by atoms with E-state index in [4.69, 9.17) is 10.2 Å². The van der Waals surface area contributed by atoms with Crippen LogP contribution in [0.1, 0.15) is 34.1 Å². The highest BCUT2D eigenvalue weighted by Gasteiger charge is 2.15. The van der Waals surface area contributed by atoms with Gasteiger partial charge in [0.2, 0.25) is 0 Å². The molecule has 0 aromatic heterocycles. The molecular weight excluding hydrogens is 234 g/mol. The minimum atomic E-state index is -1.12. The Morgan fingerprint density at radius 1 is 1.28 bits per heavy atom. The number of hydrogen-bond donors (Lipinski definition) is 3. The lowest BCUT2D eigenvalue weighted by molar-refractivity contribution is 0.0691. The van der Waals surface area contributed by atoms with Gasteiger partial charge in [0, 0.05) is 13.2 Å². The van der Waals surface area contributed by atoms with E-state index in [0.717, 1.165) is 0 Å². The largest absolute Gasteiger partial charge is 0.478 e. The van der Waals surface area contributed by atoms with Crippen LogP contribution < -0.4 is 5.32 Å². The molecule has 0 aliphatic heterocycles. The Bertz CT molecular complexity index is 431. The van der Waals surface area contributed by atoms with E-state index in [-0.39, 0.29) is 23.7 Å². The van der Waals surface area contributed by atoms with Crippen molar-refractivity contribution in [3.8, 4) is 0 Å². The Morgan fingerprint density at radius 2 is 1.89 bits per heavy atom. The van der Waals surface area contributed by atoms with Crippen LogP contribution in [0.25, 0.3) is 0 Å². The second-order valence-corrected chi connectivity index (χ2v) is 4.18. The Hall–Kier alpha value is -1.88. The fourth-order valence-corrected chi connectivity index (χ4v) is 1.55. The Morgan fingerprint density at radius 3 is 2.44 bits per heavy atom. The molecule has 0 spiro atoms. The second kappa shape index (κ2) is 6.76. The lowest BCUT2D eigenvalue weighted by atomic mass is 10.1. The first kappa shape index (κ1) is 14.2. The molecule has 0 saturated heterocycles. The molecule has 0 bridgehead atoms. The highest BCUT2D eigenvalue weighted by atomic mass is 16.4. The van der Waals surface area contributed by atoms with Gasteiger partial charge in [-0.25, -0.2) is 4.79 Å². The first-order valence-electron chi connectivity index (χ1n) is 5.77. The first-order chi connectivity index (χ1) is 8.56. The van der Waals surface area contributed by atoms with Crippen LogP contribution in [0.2, 0.25) is 0 Å². The van der Waals surface area contributed by atoms with Crippen LogP contribution in [0.5, 0.6) is 0 Å². The smallest absolute Gasteiger partial charge is 0.336 e. The van der Waals surface area contributed by atoms with Crippen LogP contribution in [0, 0.1) is 5.92 Å². The predicted octanol–water partition coefficient (Wildman–Crippen LogP) is 1.13. The normalized spacial score (nSPS) is 11.9. The summed E-state index contributed by atoms with van der Waals surface area (Å²) in [4.78, 5) is 22.8. The van der Waals surface area contributed by atoms with Crippen molar-refractivity contribution in [1.82, 2.24) is 5.32 Å². The molecule has 18 heavy (non-hydrogen) atoms. The average Bonchev–Trinajstić information content (AvgIpc) is 2.36. The van der Waals surface area contributed by atoms with Crippen LogP contribution in [0.3, 0.4) is 0 Å². The van der Waals surface area contributed by atoms with Gasteiger partial charge in [-0.15, -0.1) is 0 Å². The van der Waals surface area contributed by atoms with Crippen LogP contribution in [0.15, 0.2) is 24.3 Å². The van der Waals surface area contributed by atoms with Gasteiger partial charge in [0.15, 0.2) is 0 Å². The van der Waals surface area contributed by atoms with Gasteiger partial charge in [-0.3, -0.25) is 4.79 Å². The summed E-state index contributed by atoms with van der Waals surface area (Å²) in [6.45, 7) is 2.38. The van der Waals surface area contributed by atoms with E-state index in [1.807, 2.05) is 6.92 Å². The van der Waals surface area contributed by atoms with Crippen molar-refractivity contribution in [2.45, 2.75) is 13.3 Å². The standard InChI is InChI=1S/C13H17NO4/c1-9(6-7-15)8-14-12(16)10-4-2-3-5-11(10)13(17)18/h2-5,9,15H,6-8H2,1H3,(H,14,16)(H,17,18). The lowest BCUT2D eigenvalue weighted by Crippen LogP contribution is -2.29. The van der Waals surface area contributed by atoms with Crippen LogP contribution >= 0.6 is 0 Å². The summed E-state index contributed by atoms with van der Waals surface area (Å²) in [5, 5.41) is 20.4. The number of nitrogens with one attached hydrogen (secondary N) is 1. The highest BCUT2D eigenvalue weighted by molar-refractivity contribution is 6.04. The number of aliphatic hydroxyl groups is 1. The SMILES string of the molecule is CC(CCO)CNC(=O)c1ccccc1C(=O)O. The maximum absolute atomic E-state index is 11.8. The third-order valence-electron chi connectivity index (χ3n) is 2.64. The molecule has 0 heterocycles. The van der Waals surface area contributed by atoms with Gasteiger partial charge >= 0.3 is 5.97 Å². The van der Waals surface area contributed by atoms with Gasteiger partial charge < -0.3 is 15.5 Å². The number of aliphatic hydroxyl groups excluding tert-OH is 1. The van der Waals surface area contributed by atoms with E-state index in [0.29, 0.717) is 13.0 Å². The van der Waals surface area contributed by atoms with Crippen molar-refractivity contribution in [3.63, 3.8) is 0 Å². The topological polar surface area (TPSA) is 86.6 Å². The Balaban J connectivity index is 2.70. The fourth-order valence-electron chi connectivity index (χ4n) is 1.55. The molecule has 3 N–H and O–H groups in total. The first-order valence-corrected chi connectivity index (χ1v) is 5.77. The second-order valence-electron chi connectivity index (χ2n) is 4.18. The maximum atomic E-state index is 11.8. The fraction of sp³-hybridized carbons (Fsp3) is 0.385. The van der Waals surface area contributed by atoms with E-state index in [9.17, 15) is 9.59 Å². The predicted molar refractivity (Wildman–Crippen MR) is 66.6 cm³/mol. The quantitative estimate of drug-likeness (QED) is 0.707. The zero-order valence-corrected chi connectivity index (χ0v) is 10.2. The third-order valence-corrected chi connectivity index (χ3v) is 2.64. The van der Waals surface area contributed by atoms with Gasteiger partial charge in [-0.2, -0.15) is 0 Å². The van der Waals surface area contributed by atoms with Crippen LogP contribution in [-0.2, 0) is 0 Å². The number of carbonyl (C=O) groups is 2. The molecule has 0 aliphatic carbocycles. The Kier molecular flexibility index (Phi) is 5.32. The molecule has 0 radical (unpaired) electrons. The van der Waals surface area contributed by atoms with Gasteiger partial charge in [0.1, 0.15) is 0 Å². The number of aromatic carboxylic acids is 1. The molecule has 1 amide bonds. The van der Waals surface area contributed by atoms with Gasteiger partial charge in [0.25, 0.3) is 5.91 Å². The minimum absolute atomic E-state index is 0.00943. The van der Waals surface area contributed by atoms with E-state index in [1.54, 1.807) is 12.1 Å². The van der Waals surface area contributed by atoms with E-state index in [2.05, 4.69) is 5.32 Å². The summed E-state index contributed by atoms with van der Waals surface area (Å²) < 4.78 is 0. The third kappa shape index (κ3) is 3.85. The number of carboxylic acid groups (broad SMARTS) is 1.